The van der Waals surface area contributed by atoms with Gasteiger partial charge in [0.1, 0.15) is 5.82 Å². The normalized spacial score (nSPS) is 15.4. The standard InChI is InChI=1S/C19H24FNO3/c1-2-21(17-6-4-3-5-7-17)18(22)14-24-19(23)13-10-15-8-11-16(20)12-9-15/h8-13,17H,2-7,14H2,1H3/b13-10+. The quantitative estimate of drug-likeness (QED) is 0.591. The summed E-state index contributed by atoms with van der Waals surface area (Å²) < 4.78 is 17.8. The third-order valence-electron chi connectivity index (χ3n) is 4.30. The lowest BCUT2D eigenvalue weighted by Gasteiger charge is -2.33. The van der Waals surface area contributed by atoms with Gasteiger partial charge in [-0.3, -0.25) is 4.79 Å². The predicted octanol–water partition coefficient (Wildman–Crippen LogP) is 3.56. The Hall–Kier alpha value is -2.17. The van der Waals surface area contributed by atoms with Crippen LogP contribution in [0.5, 0.6) is 0 Å². The van der Waals surface area contributed by atoms with Gasteiger partial charge in [0.15, 0.2) is 6.61 Å². The molecule has 1 aromatic carbocycles. The fraction of sp³-hybridized carbons (Fsp3) is 0.474. The van der Waals surface area contributed by atoms with Crippen LogP contribution in [0.3, 0.4) is 0 Å². The second-order valence-electron chi connectivity index (χ2n) is 5.96. The highest BCUT2D eigenvalue weighted by molar-refractivity contribution is 5.89. The highest BCUT2D eigenvalue weighted by atomic mass is 19.1. The van der Waals surface area contributed by atoms with Gasteiger partial charge >= 0.3 is 5.97 Å². The maximum Gasteiger partial charge on any atom is 0.331 e. The van der Waals surface area contributed by atoms with Gasteiger partial charge in [-0.2, -0.15) is 0 Å². The molecule has 0 unspecified atom stereocenters. The average molecular weight is 333 g/mol. The van der Waals surface area contributed by atoms with Crippen LogP contribution in [-0.2, 0) is 14.3 Å². The van der Waals surface area contributed by atoms with E-state index in [1.165, 1.54) is 30.7 Å². The summed E-state index contributed by atoms with van der Waals surface area (Å²) in [6.45, 7) is 2.34. The van der Waals surface area contributed by atoms with Crippen LogP contribution in [0.1, 0.15) is 44.6 Å². The number of benzene rings is 1. The molecule has 0 bridgehead atoms. The molecule has 0 radical (unpaired) electrons. The predicted molar refractivity (Wildman–Crippen MR) is 90.7 cm³/mol. The number of amides is 1. The molecule has 4 nitrogen and oxygen atoms in total. The van der Waals surface area contributed by atoms with Crippen molar-refractivity contribution in [3.05, 3.63) is 41.7 Å². The van der Waals surface area contributed by atoms with Crippen molar-refractivity contribution in [2.45, 2.75) is 45.1 Å². The number of ether oxygens (including phenoxy) is 1. The van der Waals surface area contributed by atoms with Crippen LogP contribution in [0.25, 0.3) is 6.08 Å². The first-order valence-electron chi connectivity index (χ1n) is 8.50. The van der Waals surface area contributed by atoms with Crippen LogP contribution in [0, 0.1) is 5.82 Å². The first kappa shape index (κ1) is 18.2. The van der Waals surface area contributed by atoms with Gasteiger partial charge in [0.2, 0.25) is 0 Å². The van der Waals surface area contributed by atoms with Crippen molar-refractivity contribution >= 4 is 18.0 Å². The van der Waals surface area contributed by atoms with Crippen molar-refractivity contribution < 1.29 is 18.7 Å². The Morgan fingerprint density at radius 1 is 1.21 bits per heavy atom. The minimum atomic E-state index is -0.577. The maximum atomic E-state index is 12.8. The number of rotatable bonds is 6. The zero-order valence-corrected chi connectivity index (χ0v) is 14.0. The number of carbonyl (C=O) groups is 2. The van der Waals surface area contributed by atoms with Gasteiger partial charge in [-0.05, 0) is 43.5 Å². The highest BCUT2D eigenvalue weighted by Gasteiger charge is 2.24. The van der Waals surface area contributed by atoms with E-state index in [0.717, 1.165) is 25.7 Å². The molecule has 1 aliphatic rings. The Morgan fingerprint density at radius 2 is 1.88 bits per heavy atom. The number of nitrogens with zero attached hydrogens (tertiary/aromatic N) is 1. The van der Waals surface area contributed by atoms with Gasteiger partial charge in [-0.25, -0.2) is 9.18 Å². The van der Waals surface area contributed by atoms with Crippen LogP contribution in [0.15, 0.2) is 30.3 Å². The second-order valence-corrected chi connectivity index (χ2v) is 5.96. The summed E-state index contributed by atoms with van der Waals surface area (Å²) in [5.41, 5.74) is 0.692. The topological polar surface area (TPSA) is 46.6 Å². The fourth-order valence-electron chi connectivity index (χ4n) is 3.03. The number of hydrogen-bond acceptors (Lipinski definition) is 3. The molecule has 0 spiro atoms. The molecule has 0 aliphatic heterocycles. The molecule has 0 atom stereocenters. The number of halogens is 1. The van der Waals surface area contributed by atoms with Gasteiger partial charge in [-0.1, -0.05) is 31.4 Å². The number of hydrogen-bond donors (Lipinski definition) is 0. The molecule has 1 aliphatic carbocycles. The van der Waals surface area contributed by atoms with Crippen molar-refractivity contribution in [2.75, 3.05) is 13.2 Å². The molecule has 0 aromatic heterocycles. The molecule has 1 fully saturated rings. The minimum absolute atomic E-state index is 0.145. The van der Waals surface area contributed by atoms with E-state index in [-0.39, 0.29) is 24.4 Å². The Balaban J connectivity index is 1.81. The van der Waals surface area contributed by atoms with Crippen molar-refractivity contribution in [3.63, 3.8) is 0 Å². The Morgan fingerprint density at radius 3 is 2.50 bits per heavy atom. The van der Waals surface area contributed by atoms with Crippen molar-refractivity contribution in [1.82, 2.24) is 4.90 Å². The van der Waals surface area contributed by atoms with E-state index < -0.39 is 5.97 Å². The molecule has 0 saturated heterocycles. The Labute approximate surface area is 142 Å². The van der Waals surface area contributed by atoms with Gasteiger partial charge < -0.3 is 9.64 Å². The van der Waals surface area contributed by atoms with E-state index in [2.05, 4.69) is 0 Å². The van der Waals surface area contributed by atoms with E-state index >= 15 is 0 Å². The van der Waals surface area contributed by atoms with Crippen LogP contribution in [-0.4, -0.2) is 36.0 Å². The zero-order chi connectivity index (χ0) is 17.4. The van der Waals surface area contributed by atoms with E-state index in [1.807, 2.05) is 11.8 Å². The summed E-state index contributed by atoms with van der Waals surface area (Å²) in [6.07, 6.45) is 8.35. The maximum absolute atomic E-state index is 12.8. The second kappa shape index (κ2) is 9.21. The molecule has 5 heteroatoms. The summed E-state index contributed by atoms with van der Waals surface area (Å²) in [7, 11) is 0. The molecule has 1 saturated carbocycles. The first-order chi connectivity index (χ1) is 11.6. The lowest BCUT2D eigenvalue weighted by Crippen LogP contribution is -2.43. The molecule has 24 heavy (non-hydrogen) atoms. The first-order valence-corrected chi connectivity index (χ1v) is 8.50. The van der Waals surface area contributed by atoms with Gasteiger partial charge in [0.05, 0.1) is 0 Å². The van der Waals surface area contributed by atoms with Crippen LogP contribution in [0.4, 0.5) is 4.39 Å². The Bertz CT molecular complexity index is 577. The number of esters is 1. The molecule has 1 amide bonds. The van der Waals surface area contributed by atoms with E-state index in [4.69, 9.17) is 4.74 Å². The SMILES string of the molecule is CCN(C(=O)COC(=O)/C=C/c1ccc(F)cc1)C1CCCCC1. The lowest BCUT2D eigenvalue weighted by atomic mass is 9.94. The summed E-state index contributed by atoms with van der Waals surface area (Å²) in [5.74, 6) is -1.05. The van der Waals surface area contributed by atoms with Crippen molar-refractivity contribution in [3.8, 4) is 0 Å². The largest absolute Gasteiger partial charge is 0.452 e. The van der Waals surface area contributed by atoms with E-state index in [1.54, 1.807) is 12.1 Å². The number of likely N-dealkylation sites (N-methyl/N-ethyl adjacent to an activating group) is 1. The van der Waals surface area contributed by atoms with E-state index in [0.29, 0.717) is 12.1 Å². The third-order valence-corrected chi connectivity index (χ3v) is 4.30. The van der Waals surface area contributed by atoms with Gasteiger partial charge in [0.25, 0.3) is 5.91 Å². The molecule has 130 valence electrons. The summed E-state index contributed by atoms with van der Waals surface area (Å²) in [6, 6.07) is 6.03. The summed E-state index contributed by atoms with van der Waals surface area (Å²) in [4.78, 5) is 25.8. The van der Waals surface area contributed by atoms with Crippen LogP contribution in [0.2, 0.25) is 0 Å². The van der Waals surface area contributed by atoms with Gasteiger partial charge in [-0.15, -0.1) is 0 Å². The van der Waals surface area contributed by atoms with E-state index in [9.17, 15) is 14.0 Å². The van der Waals surface area contributed by atoms with Crippen molar-refractivity contribution in [2.24, 2.45) is 0 Å². The van der Waals surface area contributed by atoms with Crippen molar-refractivity contribution in [1.29, 1.82) is 0 Å². The Kier molecular flexibility index (Phi) is 6.97. The highest BCUT2D eigenvalue weighted by Crippen LogP contribution is 2.22. The smallest absolute Gasteiger partial charge is 0.331 e. The molecule has 0 heterocycles. The summed E-state index contributed by atoms with van der Waals surface area (Å²) in [5, 5.41) is 0. The molecule has 0 N–H and O–H groups in total. The molecular weight excluding hydrogens is 309 g/mol. The van der Waals surface area contributed by atoms with Crippen LogP contribution < -0.4 is 0 Å². The molecule has 1 aromatic rings. The summed E-state index contributed by atoms with van der Waals surface area (Å²) >= 11 is 0. The molecular formula is C19H24FNO3. The zero-order valence-electron chi connectivity index (χ0n) is 14.0. The average Bonchev–Trinajstić information content (AvgIpc) is 2.61. The number of carbonyl (C=O) groups excluding carboxylic acids is 2. The minimum Gasteiger partial charge on any atom is -0.452 e. The third kappa shape index (κ3) is 5.48. The van der Waals surface area contributed by atoms with Gasteiger partial charge in [0, 0.05) is 18.7 Å². The molecule has 2 rings (SSSR count). The fourth-order valence-corrected chi connectivity index (χ4v) is 3.03. The lowest BCUT2D eigenvalue weighted by molar-refractivity contribution is -0.149. The monoisotopic (exact) mass is 333 g/mol. The van der Waals surface area contributed by atoms with Crippen LogP contribution >= 0.6 is 0 Å².